The predicted octanol–water partition coefficient (Wildman–Crippen LogP) is 3.41. The molecule has 1 aliphatic rings. The molecule has 0 radical (unpaired) electrons. The molecule has 124 valence electrons. The van der Waals surface area contributed by atoms with Crippen molar-refractivity contribution in [1.82, 2.24) is 9.88 Å². The van der Waals surface area contributed by atoms with Crippen molar-refractivity contribution < 1.29 is 4.79 Å². The third-order valence-electron chi connectivity index (χ3n) is 4.14. The van der Waals surface area contributed by atoms with Crippen LogP contribution in [-0.4, -0.2) is 34.6 Å². The number of anilines is 1. The Morgan fingerprint density at radius 3 is 3.04 bits per heavy atom. The first-order chi connectivity index (χ1) is 11.8. The van der Waals surface area contributed by atoms with E-state index >= 15 is 0 Å². The quantitative estimate of drug-likeness (QED) is 0.791. The molecule has 0 aliphatic carbocycles. The number of carbonyl (C=O) groups is 1. The number of nitriles is 1. The normalized spacial score (nSPS) is 17.5. The van der Waals surface area contributed by atoms with Crippen molar-refractivity contribution in [3.8, 4) is 6.07 Å². The molecule has 1 fully saturated rings. The van der Waals surface area contributed by atoms with E-state index in [9.17, 15) is 4.79 Å². The fraction of sp³-hybridized carbons (Fsp3) is 0.333. The number of nitrogens with zero attached hydrogens (tertiary/aromatic N) is 2. The predicted molar refractivity (Wildman–Crippen MR) is 95.7 cm³/mol. The van der Waals surface area contributed by atoms with E-state index in [0.717, 1.165) is 30.0 Å². The van der Waals surface area contributed by atoms with Crippen LogP contribution < -0.4 is 5.32 Å². The summed E-state index contributed by atoms with van der Waals surface area (Å²) in [5.41, 5.74) is 1.95. The number of thioether (sulfide) groups is 1. The zero-order valence-corrected chi connectivity index (χ0v) is 14.2. The Balaban J connectivity index is 1.63. The van der Waals surface area contributed by atoms with Gasteiger partial charge in [0.25, 0.3) is 0 Å². The second kappa shape index (κ2) is 8.04. The summed E-state index contributed by atoms with van der Waals surface area (Å²) in [5.74, 6) is 0.354. The molecule has 1 aliphatic heterocycles. The number of H-pyrrole nitrogens is 1. The number of nitrogens with one attached hydrogen (secondary N) is 2. The third-order valence-corrected chi connectivity index (χ3v) is 5.09. The highest BCUT2D eigenvalue weighted by Gasteiger charge is 2.28. The molecule has 1 aromatic heterocycles. The van der Waals surface area contributed by atoms with E-state index in [-0.39, 0.29) is 11.9 Å². The maximum atomic E-state index is 12.5. The van der Waals surface area contributed by atoms with Crippen LogP contribution in [0.3, 0.4) is 0 Å². The number of rotatable bonds is 6. The average molecular weight is 340 g/mol. The van der Waals surface area contributed by atoms with Crippen molar-refractivity contribution in [2.45, 2.75) is 23.8 Å². The maximum absolute atomic E-state index is 12.5. The topological polar surface area (TPSA) is 71.9 Å². The SMILES string of the molecule is N#CCSc1ccccc1NC(=O)CN1CCC[C@@H]1c1ccc[nH]1. The number of amides is 1. The molecule has 6 heteroatoms. The largest absolute Gasteiger partial charge is 0.364 e. The molecule has 2 N–H and O–H groups in total. The van der Waals surface area contributed by atoms with E-state index in [4.69, 9.17) is 5.26 Å². The van der Waals surface area contributed by atoms with Gasteiger partial charge in [0.2, 0.25) is 5.91 Å². The lowest BCUT2D eigenvalue weighted by molar-refractivity contribution is -0.117. The lowest BCUT2D eigenvalue weighted by Crippen LogP contribution is -2.33. The summed E-state index contributed by atoms with van der Waals surface area (Å²) in [6.07, 6.45) is 4.10. The second-order valence-corrected chi connectivity index (χ2v) is 6.76. The minimum atomic E-state index is -0.0153. The van der Waals surface area contributed by atoms with Crippen molar-refractivity contribution in [2.75, 3.05) is 24.2 Å². The Kier molecular flexibility index (Phi) is 5.57. The van der Waals surface area contributed by atoms with Crippen LogP contribution >= 0.6 is 11.8 Å². The van der Waals surface area contributed by atoms with Gasteiger partial charge >= 0.3 is 0 Å². The molecule has 2 heterocycles. The molecule has 1 atom stereocenters. The molecule has 0 bridgehead atoms. The Labute approximate surface area is 146 Å². The summed E-state index contributed by atoms with van der Waals surface area (Å²) < 4.78 is 0. The lowest BCUT2D eigenvalue weighted by atomic mass is 10.1. The van der Waals surface area contributed by atoms with E-state index in [0.29, 0.717) is 12.3 Å². The summed E-state index contributed by atoms with van der Waals surface area (Å²) in [7, 11) is 0. The number of benzene rings is 1. The molecule has 0 spiro atoms. The van der Waals surface area contributed by atoms with Crippen molar-refractivity contribution in [1.29, 1.82) is 5.26 Å². The molecule has 3 rings (SSSR count). The summed E-state index contributed by atoms with van der Waals surface area (Å²) in [6.45, 7) is 1.31. The minimum Gasteiger partial charge on any atom is -0.364 e. The van der Waals surface area contributed by atoms with Gasteiger partial charge in [-0.15, -0.1) is 11.8 Å². The molecule has 1 amide bonds. The molecule has 1 aromatic carbocycles. The van der Waals surface area contributed by atoms with E-state index in [1.165, 1.54) is 17.5 Å². The lowest BCUT2D eigenvalue weighted by Gasteiger charge is -2.23. The highest BCUT2D eigenvalue weighted by atomic mass is 32.2. The average Bonchev–Trinajstić information content (AvgIpc) is 3.25. The van der Waals surface area contributed by atoms with E-state index in [1.54, 1.807) is 0 Å². The first-order valence-electron chi connectivity index (χ1n) is 8.04. The highest BCUT2D eigenvalue weighted by molar-refractivity contribution is 7.99. The molecule has 2 aromatic rings. The molecule has 24 heavy (non-hydrogen) atoms. The first-order valence-corrected chi connectivity index (χ1v) is 9.02. The molecule has 0 saturated carbocycles. The number of hydrogen-bond acceptors (Lipinski definition) is 4. The zero-order chi connectivity index (χ0) is 16.8. The van der Waals surface area contributed by atoms with Gasteiger partial charge in [-0.2, -0.15) is 5.26 Å². The van der Waals surface area contributed by atoms with Crippen molar-refractivity contribution >= 4 is 23.4 Å². The minimum absolute atomic E-state index is 0.0153. The van der Waals surface area contributed by atoms with E-state index in [1.807, 2.05) is 36.5 Å². The van der Waals surface area contributed by atoms with Crippen molar-refractivity contribution in [2.24, 2.45) is 0 Å². The van der Waals surface area contributed by atoms with Crippen LogP contribution in [0.4, 0.5) is 5.69 Å². The fourth-order valence-electron chi connectivity index (χ4n) is 3.10. The number of likely N-dealkylation sites (tertiary alicyclic amines) is 1. The summed E-state index contributed by atoms with van der Waals surface area (Å²) in [6, 6.07) is 14.1. The molecule has 1 saturated heterocycles. The van der Waals surface area contributed by atoms with Gasteiger partial charge in [0.15, 0.2) is 0 Å². The third kappa shape index (κ3) is 3.99. The van der Waals surface area contributed by atoms with Gasteiger partial charge in [-0.1, -0.05) is 12.1 Å². The fourth-order valence-corrected chi connectivity index (χ4v) is 3.77. The molecular weight excluding hydrogens is 320 g/mol. The maximum Gasteiger partial charge on any atom is 0.238 e. The van der Waals surface area contributed by atoms with Crippen LogP contribution in [0.2, 0.25) is 0 Å². The number of hydrogen-bond donors (Lipinski definition) is 2. The van der Waals surface area contributed by atoms with Crippen LogP contribution in [0.5, 0.6) is 0 Å². The first kappa shape index (κ1) is 16.6. The van der Waals surface area contributed by atoms with Gasteiger partial charge in [-0.3, -0.25) is 9.69 Å². The van der Waals surface area contributed by atoms with Gasteiger partial charge in [-0.05, 0) is 43.7 Å². The summed E-state index contributed by atoms with van der Waals surface area (Å²) >= 11 is 1.44. The van der Waals surface area contributed by atoms with Crippen LogP contribution in [0.1, 0.15) is 24.6 Å². The summed E-state index contributed by atoms with van der Waals surface area (Å²) in [5, 5.41) is 11.7. The van der Waals surface area contributed by atoms with Crippen LogP contribution in [0.15, 0.2) is 47.5 Å². The standard InChI is InChI=1S/C18H20N4OS/c19-9-12-24-17-8-2-1-5-15(17)21-18(23)13-22-11-4-7-16(22)14-6-3-10-20-14/h1-3,5-6,8,10,16,20H,4,7,11-13H2,(H,21,23)/t16-/m1/s1. The van der Waals surface area contributed by atoms with Crippen molar-refractivity contribution in [3.05, 3.63) is 48.3 Å². The Bertz CT molecular complexity index is 723. The van der Waals surface area contributed by atoms with Crippen LogP contribution in [0, 0.1) is 11.3 Å². The smallest absolute Gasteiger partial charge is 0.238 e. The van der Waals surface area contributed by atoms with Gasteiger partial charge in [-0.25, -0.2) is 0 Å². The van der Waals surface area contributed by atoms with Crippen LogP contribution in [0.25, 0.3) is 0 Å². The summed E-state index contributed by atoms with van der Waals surface area (Å²) in [4.78, 5) is 18.9. The van der Waals surface area contributed by atoms with E-state index < -0.39 is 0 Å². The number of aromatic nitrogens is 1. The van der Waals surface area contributed by atoms with Gasteiger partial charge in [0.1, 0.15) is 0 Å². The zero-order valence-electron chi connectivity index (χ0n) is 13.4. The van der Waals surface area contributed by atoms with Gasteiger partial charge in [0.05, 0.1) is 30.1 Å². The highest BCUT2D eigenvalue weighted by Crippen LogP contribution is 2.31. The molecule has 0 unspecified atom stereocenters. The number of carbonyl (C=O) groups excluding carboxylic acids is 1. The van der Waals surface area contributed by atoms with Gasteiger partial charge in [0, 0.05) is 16.8 Å². The Morgan fingerprint density at radius 1 is 1.38 bits per heavy atom. The van der Waals surface area contributed by atoms with Crippen LogP contribution in [-0.2, 0) is 4.79 Å². The van der Waals surface area contributed by atoms with Crippen molar-refractivity contribution in [3.63, 3.8) is 0 Å². The molecule has 5 nitrogen and oxygen atoms in total. The van der Waals surface area contributed by atoms with Gasteiger partial charge < -0.3 is 10.3 Å². The Morgan fingerprint density at radius 2 is 2.25 bits per heavy atom. The number of aromatic amines is 1. The monoisotopic (exact) mass is 340 g/mol. The van der Waals surface area contributed by atoms with E-state index in [2.05, 4.69) is 27.3 Å². The Hall–Kier alpha value is -2.23. The molecular formula is C18H20N4OS. The second-order valence-electron chi connectivity index (χ2n) is 5.75. The number of para-hydroxylation sites is 1.